The number of halogens is 4. The Hall–Kier alpha value is -2.63. The van der Waals surface area contributed by atoms with Crippen molar-refractivity contribution in [2.24, 2.45) is 0 Å². The molecular weight excluding hydrogens is 436 g/mol. The first kappa shape index (κ1) is 21.6. The lowest BCUT2D eigenvalue weighted by Gasteiger charge is -2.25. The first-order chi connectivity index (χ1) is 14.6. The third-order valence-electron chi connectivity index (χ3n) is 4.91. The van der Waals surface area contributed by atoms with Crippen molar-refractivity contribution in [2.75, 3.05) is 11.9 Å². The summed E-state index contributed by atoms with van der Waals surface area (Å²) in [6.45, 7) is 0.271. The number of rotatable bonds is 6. The van der Waals surface area contributed by atoms with Gasteiger partial charge in [-0.1, -0.05) is 6.07 Å². The van der Waals surface area contributed by atoms with E-state index in [0.29, 0.717) is 33.2 Å². The van der Waals surface area contributed by atoms with Gasteiger partial charge in [-0.05, 0) is 43.0 Å². The molecule has 0 aliphatic heterocycles. The molecule has 1 atom stereocenters. The van der Waals surface area contributed by atoms with Crippen LogP contribution in [-0.2, 0) is 5.60 Å². The number of hydrogen-bond acceptors (Lipinski definition) is 7. The number of nitrogens with one attached hydrogen (secondary N) is 1. The van der Waals surface area contributed by atoms with E-state index in [1.807, 2.05) is 0 Å². The molecule has 0 amide bonds. The summed E-state index contributed by atoms with van der Waals surface area (Å²) in [7, 11) is 0. The number of aliphatic hydroxyl groups is 2. The molecule has 0 saturated heterocycles. The van der Waals surface area contributed by atoms with E-state index in [1.54, 1.807) is 25.1 Å². The van der Waals surface area contributed by atoms with E-state index in [2.05, 4.69) is 20.3 Å². The zero-order valence-corrected chi connectivity index (χ0v) is 17.1. The summed E-state index contributed by atoms with van der Waals surface area (Å²) in [5, 5.41) is 21.4. The summed E-state index contributed by atoms with van der Waals surface area (Å²) in [5.74, 6) is -0.126. The number of hydrogen-bond donors (Lipinski definition) is 3. The second kappa shape index (κ2) is 7.81. The van der Waals surface area contributed by atoms with Gasteiger partial charge < -0.3 is 15.5 Å². The average Bonchev–Trinajstić information content (AvgIpc) is 3.42. The van der Waals surface area contributed by atoms with Crippen LogP contribution in [0.3, 0.4) is 0 Å². The van der Waals surface area contributed by atoms with Crippen molar-refractivity contribution in [3.05, 3.63) is 52.7 Å². The highest BCUT2D eigenvalue weighted by Gasteiger charge is 2.57. The molecule has 0 spiro atoms. The van der Waals surface area contributed by atoms with Crippen LogP contribution in [0.5, 0.6) is 0 Å². The zero-order chi connectivity index (χ0) is 22.4. The average molecular weight is 454 g/mol. The summed E-state index contributed by atoms with van der Waals surface area (Å²) in [5.41, 5.74) is -1.15. The predicted molar refractivity (Wildman–Crippen MR) is 107 cm³/mol. The molecule has 11 heteroatoms. The van der Waals surface area contributed by atoms with Gasteiger partial charge in [-0.25, -0.2) is 19.3 Å². The minimum atomic E-state index is -5.07. The first-order valence-electron chi connectivity index (χ1n) is 9.38. The molecule has 1 saturated carbocycles. The van der Waals surface area contributed by atoms with E-state index in [4.69, 9.17) is 5.11 Å². The lowest BCUT2D eigenvalue weighted by Crippen LogP contribution is -2.45. The molecule has 1 aliphatic rings. The molecule has 1 unspecified atom stereocenters. The van der Waals surface area contributed by atoms with Crippen LogP contribution < -0.4 is 5.32 Å². The third-order valence-corrected chi connectivity index (χ3v) is 6.11. The fourth-order valence-electron chi connectivity index (χ4n) is 3.09. The molecule has 4 rings (SSSR count). The summed E-state index contributed by atoms with van der Waals surface area (Å²) < 4.78 is 53.5. The molecule has 6 nitrogen and oxygen atoms in total. The van der Waals surface area contributed by atoms with Crippen LogP contribution in [0.15, 0.2) is 30.6 Å². The second-order valence-corrected chi connectivity index (χ2v) is 8.49. The Kier molecular flexibility index (Phi) is 5.44. The summed E-state index contributed by atoms with van der Waals surface area (Å²) in [4.78, 5) is 12.3. The van der Waals surface area contributed by atoms with Crippen molar-refractivity contribution >= 4 is 23.0 Å². The van der Waals surface area contributed by atoms with Crippen LogP contribution in [0, 0.1) is 12.7 Å². The van der Waals surface area contributed by atoms with E-state index in [9.17, 15) is 22.7 Å². The molecule has 164 valence electrons. The van der Waals surface area contributed by atoms with Gasteiger partial charge in [-0.2, -0.15) is 13.2 Å². The number of aryl methyl sites for hydroxylation is 1. The molecule has 1 aliphatic carbocycles. The second-order valence-electron chi connectivity index (χ2n) is 7.46. The fraction of sp³-hybridized carbons (Fsp3) is 0.350. The number of aliphatic hydroxyl groups excluding tert-OH is 1. The van der Waals surface area contributed by atoms with Gasteiger partial charge >= 0.3 is 6.18 Å². The third kappa shape index (κ3) is 4.25. The minimum absolute atomic E-state index is 0.103. The normalized spacial score (nSPS) is 16.2. The molecule has 31 heavy (non-hydrogen) atoms. The SMILES string of the molecule is Cc1cc(Nc2ncc(F)c(C3CC3)n2)cc(-c2cnc(C(O)(CO)C(F)(F)F)s2)c1. The number of nitrogens with zero attached hydrogens (tertiary/aromatic N) is 3. The maximum Gasteiger partial charge on any atom is 0.426 e. The predicted octanol–water partition coefficient (Wildman–Crippen LogP) is 4.41. The monoisotopic (exact) mass is 454 g/mol. The molecule has 1 fully saturated rings. The van der Waals surface area contributed by atoms with E-state index < -0.39 is 29.2 Å². The van der Waals surface area contributed by atoms with E-state index >= 15 is 0 Å². The lowest BCUT2D eigenvalue weighted by atomic mass is 10.1. The highest BCUT2D eigenvalue weighted by atomic mass is 32.1. The topological polar surface area (TPSA) is 91.2 Å². The van der Waals surface area contributed by atoms with E-state index in [0.717, 1.165) is 24.6 Å². The Morgan fingerprint density at radius 3 is 2.55 bits per heavy atom. The first-order valence-corrected chi connectivity index (χ1v) is 10.2. The van der Waals surface area contributed by atoms with Gasteiger partial charge in [-0.15, -0.1) is 11.3 Å². The largest absolute Gasteiger partial charge is 0.426 e. The minimum Gasteiger partial charge on any atom is -0.393 e. The van der Waals surface area contributed by atoms with Crippen molar-refractivity contribution in [1.82, 2.24) is 15.0 Å². The van der Waals surface area contributed by atoms with Crippen LogP contribution in [0.1, 0.15) is 35.0 Å². The highest BCUT2D eigenvalue weighted by Crippen LogP contribution is 2.43. The smallest absolute Gasteiger partial charge is 0.393 e. The van der Waals surface area contributed by atoms with Gasteiger partial charge in [0.25, 0.3) is 0 Å². The van der Waals surface area contributed by atoms with Crippen LogP contribution >= 0.6 is 11.3 Å². The Morgan fingerprint density at radius 2 is 1.90 bits per heavy atom. The van der Waals surface area contributed by atoms with Crippen LogP contribution in [0.2, 0.25) is 0 Å². The Balaban J connectivity index is 1.63. The van der Waals surface area contributed by atoms with Gasteiger partial charge in [-0.3, -0.25) is 0 Å². The number of thiazole rings is 1. The maximum absolute atomic E-state index is 13.9. The molecule has 2 heterocycles. The zero-order valence-electron chi connectivity index (χ0n) is 16.2. The fourth-order valence-corrected chi connectivity index (χ4v) is 4.09. The molecule has 2 aromatic heterocycles. The van der Waals surface area contributed by atoms with Crippen LogP contribution in [0.25, 0.3) is 10.4 Å². The van der Waals surface area contributed by atoms with E-state index in [1.165, 1.54) is 6.20 Å². The van der Waals surface area contributed by atoms with Crippen molar-refractivity contribution < 1.29 is 27.8 Å². The molecular formula is C20H18F4N4O2S. The molecule has 3 aromatic rings. The molecule has 0 bridgehead atoms. The van der Waals surface area contributed by atoms with Crippen molar-refractivity contribution in [3.63, 3.8) is 0 Å². The Bertz CT molecular complexity index is 1120. The standard InChI is InChI=1S/C20H18F4N4O2S/c1-10-4-12(15-8-25-17(31-15)19(30,9-29)20(22,23)24)6-13(5-10)27-18-26-7-14(21)16(28-18)11-2-3-11/h4-8,11,29-30H,2-3,9H2,1H3,(H,26,27,28). The number of anilines is 2. The quantitative estimate of drug-likeness (QED) is 0.478. The summed E-state index contributed by atoms with van der Waals surface area (Å²) in [6.07, 6.45) is -0.983. The van der Waals surface area contributed by atoms with Crippen molar-refractivity contribution in [2.45, 2.75) is 37.5 Å². The van der Waals surface area contributed by atoms with Crippen molar-refractivity contribution in [3.8, 4) is 10.4 Å². The summed E-state index contributed by atoms with van der Waals surface area (Å²) >= 11 is 0.635. The van der Waals surface area contributed by atoms with Crippen LogP contribution in [-0.4, -0.2) is 37.9 Å². The molecule has 3 N–H and O–H groups in total. The summed E-state index contributed by atoms with van der Waals surface area (Å²) in [6, 6.07) is 5.20. The molecule has 1 aromatic carbocycles. The van der Waals surface area contributed by atoms with Gasteiger partial charge in [0.2, 0.25) is 11.5 Å². The van der Waals surface area contributed by atoms with E-state index in [-0.39, 0.29) is 11.9 Å². The lowest BCUT2D eigenvalue weighted by molar-refractivity contribution is -0.277. The van der Waals surface area contributed by atoms with Gasteiger partial charge in [0.05, 0.1) is 23.4 Å². The number of benzene rings is 1. The highest BCUT2D eigenvalue weighted by molar-refractivity contribution is 7.15. The van der Waals surface area contributed by atoms with Crippen LogP contribution in [0.4, 0.5) is 29.2 Å². The van der Waals surface area contributed by atoms with Gasteiger partial charge in [0.1, 0.15) is 5.01 Å². The Labute approximate surface area is 178 Å². The Morgan fingerprint density at radius 1 is 1.16 bits per heavy atom. The number of aromatic nitrogens is 3. The van der Waals surface area contributed by atoms with Gasteiger partial charge in [0.15, 0.2) is 5.82 Å². The van der Waals surface area contributed by atoms with Crippen molar-refractivity contribution in [1.29, 1.82) is 0 Å². The number of alkyl halides is 3. The maximum atomic E-state index is 13.9. The van der Waals surface area contributed by atoms with Gasteiger partial charge in [0, 0.05) is 17.8 Å². The molecule has 0 radical (unpaired) electrons.